The summed E-state index contributed by atoms with van der Waals surface area (Å²) in [5, 5.41) is 19.1. The Morgan fingerprint density at radius 1 is 0.747 bits per heavy atom. The first-order valence-electron chi connectivity index (χ1n) is 29.8. The summed E-state index contributed by atoms with van der Waals surface area (Å²) in [6.07, 6.45) is 3.34. The number of benzene rings is 5. The van der Waals surface area contributed by atoms with E-state index in [1.54, 1.807) is 7.11 Å². The number of anilines is 1. The third kappa shape index (κ3) is 20.3. The van der Waals surface area contributed by atoms with Crippen LogP contribution in [-0.4, -0.2) is 167 Å². The summed E-state index contributed by atoms with van der Waals surface area (Å²) in [7, 11) is 1.56. The van der Waals surface area contributed by atoms with Gasteiger partial charge in [-0.1, -0.05) is 89.2 Å². The Hall–Kier alpha value is -8.96. The summed E-state index contributed by atoms with van der Waals surface area (Å²) in [6.45, 7) is 10.5. The van der Waals surface area contributed by atoms with Gasteiger partial charge in [0.25, 0.3) is 0 Å². The van der Waals surface area contributed by atoms with E-state index in [0.717, 1.165) is 110 Å². The van der Waals surface area contributed by atoms with Crippen molar-refractivity contribution in [2.75, 3.05) is 117 Å². The topological polar surface area (TPSA) is 282 Å². The number of phosphoric ester groups is 1. The number of amides is 4. The molecule has 8 N–H and O–H groups in total. The molecule has 0 bridgehead atoms. The zero-order valence-corrected chi connectivity index (χ0v) is 58.9. The molecule has 8 rings (SSSR count). The van der Waals surface area contributed by atoms with Crippen molar-refractivity contribution in [3.8, 4) is 16.9 Å². The number of pyridine rings is 1. The second-order valence-electron chi connectivity index (χ2n) is 21.4. The number of phosphoric acid groups is 1. The van der Waals surface area contributed by atoms with Gasteiger partial charge in [-0.25, -0.2) is 19.1 Å². The van der Waals surface area contributed by atoms with Gasteiger partial charge >= 0.3 is 20.0 Å². The summed E-state index contributed by atoms with van der Waals surface area (Å²) in [6, 6.07) is 28.5. The van der Waals surface area contributed by atoms with Crippen molar-refractivity contribution < 1.29 is 66.5 Å². The average Bonchev–Trinajstić information content (AvgIpc) is 1.67. The fraction of sp³-hybridized carbons (Fsp3) is 0.422. The fourth-order valence-electron chi connectivity index (χ4n) is 10.6. The summed E-state index contributed by atoms with van der Waals surface area (Å²) in [5.41, 5.74) is 10.2. The third-order valence-corrected chi connectivity index (χ3v) is 18.0. The minimum atomic E-state index is -4.79. The minimum Gasteiger partial charge on any atom is -0.497 e. The van der Waals surface area contributed by atoms with Gasteiger partial charge in [0.2, 0.25) is 11.8 Å². The van der Waals surface area contributed by atoms with E-state index in [1.807, 2.05) is 85.9 Å². The Morgan fingerprint density at radius 3 is 2.19 bits per heavy atom. The Kier molecular flexibility index (Phi) is 27.7. The number of rotatable bonds is 37. The number of nitrogens with one attached hydrogen (secondary N) is 6. The first-order valence-corrected chi connectivity index (χ1v) is 33.7. The predicted octanol–water partition coefficient (Wildman–Crippen LogP) is 9.54. The second-order valence-corrected chi connectivity index (χ2v) is 25.0. The van der Waals surface area contributed by atoms with Crippen LogP contribution >= 0.6 is 29.4 Å². The number of H-pyrrole nitrogens is 1. The number of ether oxygens (including phenoxy) is 6. The molecule has 5 aromatic carbocycles. The third-order valence-electron chi connectivity index (χ3n) is 15.0. The molecule has 0 aliphatic heterocycles. The second kappa shape index (κ2) is 35.4. The van der Waals surface area contributed by atoms with Gasteiger partial charge in [0, 0.05) is 77.2 Å². The smallest absolute Gasteiger partial charge is 0.469 e. The average molecular weight is 1800 g/mol. The van der Waals surface area contributed by atoms with Gasteiger partial charge in [0.1, 0.15) is 37.4 Å². The van der Waals surface area contributed by atoms with Crippen molar-refractivity contribution in [3.63, 3.8) is 0 Å². The number of alkyl carbamates (subject to hydrolysis) is 2. The van der Waals surface area contributed by atoms with Crippen LogP contribution in [0.25, 0.3) is 43.7 Å². The maximum Gasteiger partial charge on any atom is 0.469 e. The summed E-state index contributed by atoms with van der Waals surface area (Å²) < 4.78 is 49.5. The zero-order chi connectivity index (χ0) is 63.1. The van der Waals surface area contributed by atoms with Crippen molar-refractivity contribution in [2.45, 2.75) is 69.9 Å². The van der Waals surface area contributed by atoms with Gasteiger partial charge < -0.3 is 74.7 Å². The molecule has 7 aromatic rings. The van der Waals surface area contributed by atoms with Crippen LogP contribution in [0.3, 0.4) is 0 Å². The van der Waals surface area contributed by atoms with Gasteiger partial charge in [-0.15, -0.1) is 0 Å². The molecule has 2 heterocycles. The van der Waals surface area contributed by atoms with Crippen LogP contribution in [0.15, 0.2) is 102 Å². The molecular formula is C64H81Fm2N8O14PS2. The van der Waals surface area contributed by atoms with Gasteiger partial charge in [0.15, 0.2) is 0 Å². The van der Waals surface area contributed by atoms with E-state index in [1.165, 1.54) is 32.5 Å². The molecule has 0 radical (unpaired) electrons. The standard InChI is InChI=1S/C64H81N8O14PS2.2Fm/c1-6-30-81-34-35-82-32-26-65-57(73)40-83-31-22-45-36-44(17-20-56(45)89-88-41-55(62(74)68-27-33-86-87(77,78)79)71-64(76)85-39-53-50-15-9-7-13-48(50)49-14-8-10-16-51(49)53)38-84-63(75)69-24-12-29-72(4)28-11-23-66-61-59-43(3)58-52-37-46(80-5)18-19-54(52)70-60(58)42(2)47(59)21-25-67-61;;/h7-10,13-21,25,36-37,53,55,70H,6,11-12,22-24,26-35,38-41H2,1-5H3,(H,65,73)(H,66,67)(H,68,74)(H,69,75)(H,71,76)(H2,77,78,79);;. The monoisotopic (exact) mass is 1790 g/mol. The van der Waals surface area contributed by atoms with E-state index in [4.69, 9.17) is 43.2 Å². The van der Waals surface area contributed by atoms with Gasteiger partial charge in [-0.3, -0.25) is 14.1 Å². The van der Waals surface area contributed by atoms with Gasteiger partial charge in [-0.05, 0) is 140 Å². The molecular weight excluding hydrogens is 1710 g/mol. The maximum absolute atomic E-state index is 13.6. The quantitative estimate of drug-likeness (QED) is 0.0102. The SMILES string of the molecule is CCCOCCOCCNC(=O)COCCc1cc(COC(=O)NCCCN(C)CCCNc2nccc3c(C)c4[nH]c5ccc(OC)cc5c4c(C)c23)ccc1SSCC(NC(=O)OCC1c2ccccc2-c2ccccc21)C(=O)NCCOP(=O)(O)O.[Fm].[Fm]. The van der Waals surface area contributed by atoms with E-state index in [-0.39, 0.29) is 50.6 Å². The number of fused-ring (bicyclic) bond motifs is 7. The Labute approximate surface area is 526 Å². The Morgan fingerprint density at radius 2 is 1.46 bits per heavy atom. The number of aromatic nitrogens is 2. The predicted molar refractivity (Wildman–Crippen MR) is 348 cm³/mol. The van der Waals surface area contributed by atoms with Crippen LogP contribution in [-0.2, 0) is 55.4 Å². The van der Waals surface area contributed by atoms with Crippen molar-refractivity contribution in [1.29, 1.82) is 0 Å². The van der Waals surface area contributed by atoms with E-state index >= 15 is 0 Å². The van der Waals surface area contributed by atoms with E-state index in [0.29, 0.717) is 57.9 Å². The Bertz CT molecular complexity index is 3540. The van der Waals surface area contributed by atoms with E-state index in [2.05, 4.69) is 80.1 Å². The molecule has 22 nitrogen and oxygen atoms in total. The van der Waals surface area contributed by atoms with Crippen molar-refractivity contribution in [3.05, 3.63) is 131 Å². The summed E-state index contributed by atoms with van der Waals surface area (Å²) >= 11 is 0. The molecule has 2 aromatic heterocycles. The van der Waals surface area contributed by atoms with Crippen LogP contribution in [0.1, 0.15) is 65.5 Å². The number of carbonyl (C=O) groups excluding carboxylic acids is 4. The maximum atomic E-state index is 13.6. The molecule has 1 atom stereocenters. The number of aromatic amines is 1. The van der Waals surface area contributed by atoms with E-state index < -0.39 is 38.6 Å². The largest absolute Gasteiger partial charge is 0.497 e. The number of methoxy groups -OCH3 is 1. The molecule has 0 fully saturated rings. The molecule has 1 unspecified atom stereocenters. The zero-order valence-electron chi connectivity index (χ0n) is 51.6. The van der Waals surface area contributed by atoms with Crippen molar-refractivity contribution in [1.82, 2.24) is 36.1 Å². The minimum absolute atomic E-state index is 0. The number of carbonyl (C=O) groups is 4. The molecule has 0 saturated carbocycles. The first-order chi connectivity index (χ1) is 43.1. The molecule has 27 heteroatoms. The van der Waals surface area contributed by atoms with Crippen molar-refractivity contribution >= 4 is 91.8 Å². The normalized spacial score (nSPS) is 12.2. The van der Waals surface area contributed by atoms with Gasteiger partial charge in [-0.2, -0.15) is 0 Å². The van der Waals surface area contributed by atoms with Crippen LogP contribution < -0.4 is 31.3 Å². The Balaban J connectivity index is 0.00000658. The van der Waals surface area contributed by atoms with Gasteiger partial charge in [0.05, 0.1) is 45.7 Å². The van der Waals surface area contributed by atoms with Crippen LogP contribution in [0.5, 0.6) is 5.75 Å². The molecule has 4 amide bonds. The molecule has 502 valence electrons. The summed E-state index contributed by atoms with van der Waals surface area (Å²) in [4.78, 5) is 82.4. The number of hydrogen-bond acceptors (Lipinski definition) is 17. The summed E-state index contributed by atoms with van der Waals surface area (Å²) in [5.74, 6) is 0.555. The molecule has 91 heavy (non-hydrogen) atoms. The molecule has 1 aliphatic carbocycles. The van der Waals surface area contributed by atoms with Crippen molar-refractivity contribution in [2.24, 2.45) is 0 Å². The first kappa shape index (κ1) is 71.1. The number of hydrogen-bond donors (Lipinski definition) is 8. The molecule has 1 aliphatic rings. The van der Waals surface area contributed by atoms with Crippen LogP contribution in [0.2, 0.25) is 0 Å². The fourth-order valence-corrected chi connectivity index (χ4v) is 13.4. The molecule has 0 spiro atoms. The van der Waals surface area contributed by atoms with Crippen LogP contribution in [0, 0.1) is 13.8 Å². The van der Waals surface area contributed by atoms with E-state index in [9.17, 15) is 23.7 Å². The number of nitrogens with zero attached hydrogens (tertiary/aromatic N) is 2. The molecule has 0 saturated heterocycles. The van der Waals surface area contributed by atoms with Crippen LogP contribution in [0.4, 0.5) is 15.4 Å². The number of aryl methyl sites for hydroxylation is 2.